The van der Waals surface area contributed by atoms with Gasteiger partial charge in [0.05, 0.1) is 0 Å². The summed E-state index contributed by atoms with van der Waals surface area (Å²) in [5, 5.41) is 0. The maximum atomic E-state index is 13.4. The lowest BCUT2D eigenvalue weighted by molar-refractivity contribution is 0.530. The fraction of sp³-hybridized carbons (Fsp3) is 0.455. The van der Waals surface area contributed by atoms with E-state index in [0.717, 1.165) is 0 Å². The molecule has 1 aliphatic carbocycles. The summed E-state index contributed by atoms with van der Waals surface area (Å²) < 4.78 is 26.7. The van der Waals surface area contributed by atoms with Gasteiger partial charge < -0.3 is 5.73 Å². The third-order valence-electron chi connectivity index (χ3n) is 3.22. The molecule has 0 radical (unpaired) electrons. The van der Waals surface area contributed by atoms with Gasteiger partial charge >= 0.3 is 0 Å². The van der Waals surface area contributed by atoms with Crippen molar-refractivity contribution in [1.29, 1.82) is 0 Å². The van der Waals surface area contributed by atoms with Crippen molar-refractivity contribution in [3.63, 3.8) is 0 Å². The molecule has 2 N–H and O–H groups in total. The normalized spacial score (nSPS) is 28.9. The lowest BCUT2D eigenvalue weighted by atomic mass is 10.0. The molecule has 1 nitrogen and oxygen atoms in total. The van der Waals surface area contributed by atoms with Crippen molar-refractivity contribution in [3.05, 3.63) is 35.4 Å². The number of hydrogen-bond acceptors (Lipinski definition) is 1. The summed E-state index contributed by atoms with van der Waals surface area (Å²) in [7, 11) is 0. The molecule has 0 aliphatic heterocycles. The van der Waals surface area contributed by atoms with Crippen molar-refractivity contribution in [3.8, 4) is 0 Å². The molecular weight excluding hydrogens is 184 g/mol. The number of benzene rings is 1. The van der Waals surface area contributed by atoms with Crippen LogP contribution in [0.3, 0.4) is 0 Å². The minimum atomic E-state index is -0.490. The summed E-state index contributed by atoms with van der Waals surface area (Å²) in [6.45, 7) is 3.85. The van der Waals surface area contributed by atoms with Crippen molar-refractivity contribution in [2.45, 2.75) is 25.8 Å². The lowest BCUT2D eigenvalue weighted by Crippen LogP contribution is -2.06. The number of rotatable bonds is 1. The zero-order chi connectivity index (χ0) is 10.5. The summed E-state index contributed by atoms with van der Waals surface area (Å²) in [5.74, 6) is -1.17. The van der Waals surface area contributed by atoms with Crippen molar-refractivity contribution in [2.75, 3.05) is 0 Å². The number of halogens is 2. The fourth-order valence-electron chi connectivity index (χ4n) is 2.04. The second kappa shape index (κ2) is 2.76. The van der Waals surface area contributed by atoms with Crippen LogP contribution in [0.5, 0.6) is 0 Å². The molecule has 1 saturated carbocycles. The van der Waals surface area contributed by atoms with E-state index in [-0.39, 0.29) is 22.9 Å². The van der Waals surface area contributed by atoms with Crippen LogP contribution in [-0.4, -0.2) is 6.04 Å². The molecule has 0 spiro atoms. The molecule has 2 atom stereocenters. The van der Waals surface area contributed by atoms with E-state index in [2.05, 4.69) is 0 Å². The van der Waals surface area contributed by atoms with Gasteiger partial charge in [0, 0.05) is 17.5 Å². The minimum absolute atomic E-state index is 0.144. The Labute approximate surface area is 81.9 Å². The molecule has 3 heteroatoms. The van der Waals surface area contributed by atoms with Crippen LogP contribution in [-0.2, 0) is 0 Å². The molecule has 0 bridgehead atoms. The second-order valence-electron chi connectivity index (χ2n) is 4.46. The van der Waals surface area contributed by atoms with Gasteiger partial charge in [0.2, 0.25) is 0 Å². The van der Waals surface area contributed by atoms with Gasteiger partial charge in [-0.15, -0.1) is 0 Å². The highest BCUT2D eigenvalue weighted by atomic mass is 19.1. The van der Waals surface area contributed by atoms with Crippen LogP contribution in [0.2, 0.25) is 0 Å². The maximum absolute atomic E-state index is 13.4. The molecule has 1 aromatic carbocycles. The van der Waals surface area contributed by atoms with Crippen LogP contribution in [0.1, 0.15) is 25.3 Å². The molecule has 2 rings (SSSR count). The van der Waals surface area contributed by atoms with E-state index in [4.69, 9.17) is 5.73 Å². The average Bonchev–Trinajstić information content (AvgIpc) is 2.54. The van der Waals surface area contributed by atoms with Crippen LogP contribution >= 0.6 is 0 Å². The second-order valence-corrected chi connectivity index (χ2v) is 4.46. The highest BCUT2D eigenvalue weighted by Gasteiger charge is 2.57. The molecule has 0 heterocycles. The Morgan fingerprint density at radius 1 is 1.21 bits per heavy atom. The van der Waals surface area contributed by atoms with Gasteiger partial charge in [-0.2, -0.15) is 0 Å². The predicted octanol–water partition coefficient (Wildman–Crippen LogP) is 2.42. The molecule has 76 valence electrons. The van der Waals surface area contributed by atoms with E-state index >= 15 is 0 Å². The van der Waals surface area contributed by atoms with Crippen LogP contribution in [0.25, 0.3) is 0 Å². The van der Waals surface area contributed by atoms with E-state index in [1.54, 1.807) is 0 Å². The van der Waals surface area contributed by atoms with Crippen molar-refractivity contribution >= 4 is 0 Å². The van der Waals surface area contributed by atoms with Gasteiger partial charge in [0.1, 0.15) is 11.6 Å². The predicted molar refractivity (Wildman–Crippen MR) is 50.9 cm³/mol. The van der Waals surface area contributed by atoms with E-state index in [9.17, 15) is 8.78 Å². The van der Waals surface area contributed by atoms with Crippen LogP contribution in [0.4, 0.5) is 8.78 Å². The largest absolute Gasteiger partial charge is 0.327 e. The van der Waals surface area contributed by atoms with E-state index in [1.165, 1.54) is 18.2 Å². The summed E-state index contributed by atoms with van der Waals surface area (Å²) in [4.78, 5) is 0. The summed E-state index contributed by atoms with van der Waals surface area (Å²) in [6.07, 6.45) is 0. The Morgan fingerprint density at radius 2 is 1.64 bits per heavy atom. The van der Waals surface area contributed by atoms with E-state index in [1.807, 2.05) is 13.8 Å². The average molecular weight is 197 g/mol. The molecule has 1 aromatic rings. The molecular formula is C11H13F2N. The molecule has 1 fully saturated rings. The Balaban J connectivity index is 2.44. The molecule has 0 saturated heterocycles. The van der Waals surface area contributed by atoms with Gasteiger partial charge in [0.25, 0.3) is 0 Å². The molecule has 0 amide bonds. The van der Waals surface area contributed by atoms with Gasteiger partial charge in [-0.25, -0.2) is 8.78 Å². The quantitative estimate of drug-likeness (QED) is 0.735. The highest BCUT2D eigenvalue weighted by molar-refractivity contribution is 5.36. The third kappa shape index (κ3) is 1.16. The molecule has 0 aromatic heterocycles. The van der Waals surface area contributed by atoms with Gasteiger partial charge in [-0.05, 0) is 17.5 Å². The Kier molecular flexibility index (Phi) is 1.89. The van der Waals surface area contributed by atoms with Crippen LogP contribution in [0, 0.1) is 17.0 Å². The first kappa shape index (κ1) is 9.59. The monoisotopic (exact) mass is 197 g/mol. The SMILES string of the molecule is CC1(C)C(N)C1c1c(F)cccc1F. The number of nitrogens with two attached hydrogens (primary N) is 1. The van der Waals surface area contributed by atoms with E-state index in [0.29, 0.717) is 0 Å². The Hall–Kier alpha value is -0.960. The van der Waals surface area contributed by atoms with Crippen LogP contribution < -0.4 is 5.73 Å². The molecule has 2 unspecified atom stereocenters. The smallest absolute Gasteiger partial charge is 0.129 e. The lowest BCUT2D eigenvalue weighted by Gasteiger charge is -2.05. The number of hydrogen-bond donors (Lipinski definition) is 1. The van der Waals surface area contributed by atoms with Gasteiger partial charge in [0.15, 0.2) is 0 Å². The van der Waals surface area contributed by atoms with Crippen LogP contribution in [0.15, 0.2) is 18.2 Å². The van der Waals surface area contributed by atoms with Crippen molar-refractivity contribution in [2.24, 2.45) is 11.1 Å². The fourth-order valence-corrected chi connectivity index (χ4v) is 2.04. The van der Waals surface area contributed by atoms with Crippen molar-refractivity contribution in [1.82, 2.24) is 0 Å². The van der Waals surface area contributed by atoms with Crippen molar-refractivity contribution < 1.29 is 8.78 Å². The molecule has 14 heavy (non-hydrogen) atoms. The standard InChI is InChI=1S/C11H13F2N/c1-11(2)9(10(11)14)8-6(12)4-3-5-7(8)13/h3-5,9-10H,14H2,1-2H3. The molecule has 1 aliphatic rings. The first-order valence-electron chi connectivity index (χ1n) is 4.65. The van der Waals surface area contributed by atoms with E-state index < -0.39 is 11.6 Å². The minimum Gasteiger partial charge on any atom is -0.327 e. The first-order valence-corrected chi connectivity index (χ1v) is 4.65. The summed E-state index contributed by atoms with van der Waals surface area (Å²) in [6, 6.07) is 3.78. The maximum Gasteiger partial charge on any atom is 0.129 e. The summed E-state index contributed by atoms with van der Waals surface area (Å²) >= 11 is 0. The van der Waals surface area contributed by atoms with Gasteiger partial charge in [-0.3, -0.25) is 0 Å². The Morgan fingerprint density at radius 3 is 2.00 bits per heavy atom. The zero-order valence-electron chi connectivity index (χ0n) is 8.22. The van der Waals surface area contributed by atoms with Gasteiger partial charge in [-0.1, -0.05) is 19.9 Å². The summed E-state index contributed by atoms with van der Waals surface area (Å²) in [5.41, 5.74) is 5.73. The first-order chi connectivity index (χ1) is 6.46. The highest BCUT2D eigenvalue weighted by Crippen LogP contribution is 2.58. The Bertz CT molecular complexity index is 353. The topological polar surface area (TPSA) is 26.0 Å². The third-order valence-corrected chi connectivity index (χ3v) is 3.22. The zero-order valence-corrected chi connectivity index (χ0v) is 8.22.